The van der Waals surface area contributed by atoms with E-state index >= 15 is 0 Å². The largest absolute Gasteiger partial charge is 0.379 e. The van der Waals surface area contributed by atoms with Crippen LogP contribution in [0.5, 0.6) is 0 Å². The fourth-order valence-electron chi connectivity index (χ4n) is 2.36. The van der Waals surface area contributed by atoms with Crippen LogP contribution in [0.15, 0.2) is 24.3 Å². The summed E-state index contributed by atoms with van der Waals surface area (Å²) in [7, 11) is 0. The second-order valence-electron chi connectivity index (χ2n) is 5.52. The lowest BCUT2D eigenvalue weighted by molar-refractivity contribution is -0.131. The first-order valence-electron chi connectivity index (χ1n) is 6.87. The van der Waals surface area contributed by atoms with Gasteiger partial charge in [0, 0.05) is 11.1 Å². The third kappa shape index (κ3) is 2.97. The first-order chi connectivity index (χ1) is 9.47. The van der Waals surface area contributed by atoms with E-state index in [-0.39, 0.29) is 18.0 Å². The van der Waals surface area contributed by atoms with Gasteiger partial charge in [0.2, 0.25) is 5.91 Å². The third-order valence-electron chi connectivity index (χ3n) is 4.02. The van der Waals surface area contributed by atoms with Crippen LogP contribution in [-0.2, 0) is 9.53 Å². The lowest BCUT2D eigenvalue weighted by atomic mass is 9.84. The normalized spacial score (nSPS) is 27.3. The van der Waals surface area contributed by atoms with E-state index in [1.165, 1.54) is 0 Å². The van der Waals surface area contributed by atoms with Crippen LogP contribution in [0.4, 0.5) is 0 Å². The molecule has 0 bridgehead atoms. The van der Waals surface area contributed by atoms with Crippen molar-refractivity contribution in [2.45, 2.75) is 32.4 Å². The van der Waals surface area contributed by atoms with E-state index < -0.39 is 5.41 Å². The van der Waals surface area contributed by atoms with E-state index in [1.807, 2.05) is 38.1 Å². The van der Waals surface area contributed by atoms with Crippen LogP contribution < -0.4 is 11.1 Å². The summed E-state index contributed by atoms with van der Waals surface area (Å²) in [6.45, 7) is 4.69. The standard InChI is InChI=1S/C15H21ClN2O2/c1-3-12(10-4-6-11(16)7-5-10)18-14(19)15(2)9-20-8-13(15)17/h4-7,12-13H,3,8-9,17H2,1-2H3,(H,18,19). The summed E-state index contributed by atoms with van der Waals surface area (Å²) in [5.74, 6) is -0.0516. The fourth-order valence-corrected chi connectivity index (χ4v) is 2.49. The molecule has 1 aromatic carbocycles. The van der Waals surface area contributed by atoms with Gasteiger partial charge in [-0.2, -0.15) is 0 Å². The van der Waals surface area contributed by atoms with Crippen LogP contribution in [0, 0.1) is 5.41 Å². The maximum absolute atomic E-state index is 12.5. The summed E-state index contributed by atoms with van der Waals surface area (Å²) in [6.07, 6.45) is 0.805. The Morgan fingerprint density at radius 2 is 2.20 bits per heavy atom. The van der Waals surface area contributed by atoms with Crippen molar-refractivity contribution in [3.05, 3.63) is 34.9 Å². The molecule has 0 aromatic heterocycles. The van der Waals surface area contributed by atoms with Gasteiger partial charge in [0.15, 0.2) is 0 Å². The molecule has 110 valence electrons. The molecule has 1 aliphatic heterocycles. The monoisotopic (exact) mass is 296 g/mol. The van der Waals surface area contributed by atoms with Gasteiger partial charge in [-0.15, -0.1) is 0 Å². The molecule has 1 aliphatic rings. The van der Waals surface area contributed by atoms with Gasteiger partial charge < -0.3 is 15.8 Å². The molecule has 20 heavy (non-hydrogen) atoms. The molecule has 5 heteroatoms. The molecule has 1 heterocycles. The molecule has 3 atom stereocenters. The van der Waals surface area contributed by atoms with Crippen LogP contribution in [0.2, 0.25) is 5.02 Å². The lowest BCUT2D eigenvalue weighted by Gasteiger charge is -2.28. The summed E-state index contributed by atoms with van der Waals surface area (Å²) in [5, 5.41) is 3.76. The van der Waals surface area contributed by atoms with Crippen LogP contribution >= 0.6 is 11.6 Å². The average Bonchev–Trinajstić information content (AvgIpc) is 2.78. The van der Waals surface area contributed by atoms with Crippen molar-refractivity contribution in [1.29, 1.82) is 0 Å². The van der Waals surface area contributed by atoms with Gasteiger partial charge in [0.25, 0.3) is 0 Å². The highest BCUT2D eigenvalue weighted by Crippen LogP contribution is 2.29. The Bertz CT molecular complexity index is 477. The van der Waals surface area contributed by atoms with Crippen molar-refractivity contribution in [3.8, 4) is 0 Å². The zero-order valence-corrected chi connectivity index (χ0v) is 12.6. The van der Waals surface area contributed by atoms with Crippen molar-refractivity contribution in [2.24, 2.45) is 11.1 Å². The van der Waals surface area contributed by atoms with Crippen LogP contribution in [0.3, 0.4) is 0 Å². The van der Waals surface area contributed by atoms with Gasteiger partial charge >= 0.3 is 0 Å². The predicted octanol–water partition coefficient (Wildman–Crippen LogP) is 2.27. The van der Waals surface area contributed by atoms with E-state index in [4.69, 9.17) is 22.1 Å². The summed E-state index contributed by atoms with van der Waals surface area (Å²) in [5.41, 5.74) is 6.38. The quantitative estimate of drug-likeness (QED) is 0.896. The van der Waals surface area contributed by atoms with E-state index in [0.717, 1.165) is 12.0 Å². The Kier molecular flexibility index (Phi) is 4.68. The van der Waals surface area contributed by atoms with Crippen molar-refractivity contribution >= 4 is 17.5 Å². The SMILES string of the molecule is CCC(NC(=O)C1(C)COCC1N)c1ccc(Cl)cc1. The molecule has 1 aromatic rings. The van der Waals surface area contributed by atoms with Crippen LogP contribution in [0.25, 0.3) is 0 Å². The molecule has 1 fully saturated rings. The molecule has 3 N–H and O–H groups in total. The Balaban J connectivity index is 2.10. The molecule has 3 unspecified atom stereocenters. The number of carbonyl (C=O) groups excluding carboxylic acids is 1. The maximum Gasteiger partial charge on any atom is 0.230 e. The van der Waals surface area contributed by atoms with Crippen LogP contribution in [0.1, 0.15) is 31.9 Å². The Morgan fingerprint density at radius 1 is 1.55 bits per heavy atom. The summed E-state index contributed by atoms with van der Waals surface area (Å²) >= 11 is 5.89. The summed E-state index contributed by atoms with van der Waals surface area (Å²) in [6, 6.07) is 7.24. The van der Waals surface area contributed by atoms with Gasteiger partial charge in [-0.25, -0.2) is 0 Å². The number of rotatable bonds is 4. The highest BCUT2D eigenvalue weighted by Gasteiger charge is 2.44. The summed E-state index contributed by atoms with van der Waals surface area (Å²) in [4.78, 5) is 12.5. The van der Waals surface area contributed by atoms with Gasteiger partial charge in [0.1, 0.15) is 0 Å². The molecule has 0 saturated carbocycles. The van der Waals surface area contributed by atoms with E-state index in [9.17, 15) is 4.79 Å². The molecule has 0 radical (unpaired) electrons. The number of nitrogens with one attached hydrogen (secondary N) is 1. The molecule has 4 nitrogen and oxygen atoms in total. The maximum atomic E-state index is 12.5. The minimum absolute atomic E-state index is 0.0376. The molecule has 0 spiro atoms. The zero-order valence-electron chi connectivity index (χ0n) is 11.9. The number of hydrogen-bond donors (Lipinski definition) is 2. The third-order valence-corrected chi connectivity index (χ3v) is 4.27. The minimum Gasteiger partial charge on any atom is -0.379 e. The topological polar surface area (TPSA) is 64.3 Å². The molecular weight excluding hydrogens is 276 g/mol. The number of nitrogens with two attached hydrogens (primary N) is 1. The van der Waals surface area contributed by atoms with E-state index in [2.05, 4.69) is 5.32 Å². The first-order valence-corrected chi connectivity index (χ1v) is 7.25. The van der Waals surface area contributed by atoms with Crippen molar-refractivity contribution in [2.75, 3.05) is 13.2 Å². The zero-order chi connectivity index (χ0) is 14.8. The number of hydrogen-bond acceptors (Lipinski definition) is 3. The number of benzene rings is 1. The van der Waals surface area contributed by atoms with Gasteiger partial charge in [0.05, 0.1) is 24.7 Å². The smallest absolute Gasteiger partial charge is 0.230 e. The number of amides is 1. The van der Waals surface area contributed by atoms with Crippen LogP contribution in [-0.4, -0.2) is 25.2 Å². The molecule has 1 saturated heterocycles. The Labute approximate surface area is 124 Å². The second kappa shape index (κ2) is 6.12. The minimum atomic E-state index is -0.653. The average molecular weight is 297 g/mol. The molecule has 2 rings (SSSR count). The number of ether oxygens (including phenoxy) is 1. The fraction of sp³-hybridized carbons (Fsp3) is 0.533. The van der Waals surface area contributed by atoms with Gasteiger partial charge in [-0.05, 0) is 31.0 Å². The highest BCUT2D eigenvalue weighted by atomic mass is 35.5. The lowest BCUT2D eigenvalue weighted by Crippen LogP contribution is -2.50. The van der Waals surface area contributed by atoms with Gasteiger partial charge in [-0.3, -0.25) is 4.79 Å². The van der Waals surface area contributed by atoms with E-state index in [0.29, 0.717) is 18.2 Å². The molecular formula is C15H21ClN2O2. The Morgan fingerprint density at radius 3 is 2.70 bits per heavy atom. The first kappa shape index (κ1) is 15.3. The molecule has 1 amide bonds. The van der Waals surface area contributed by atoms with Crippen molar-refractivity contribution in [3.63, 3.8) is 0 Å². The second-order valence-corrected chi connectivity index (χ2v) is 5.96. The van der Waals surface area contributed by atoms with Crippen molar-refractivity contribution in [1.82, 2.24) is 5.32 Å². The highest BCUT2D eigenvalue weighted by molar-refractivity contribution is 6.30. The molecule has 0 aliphatic carbocycles. The van der Waals surface area contributed by atoms with Crippen molar-refractivity contribution < 1.29 is 9.53 Å². The number of carbonyl (C=O) groups is 1. The van der Waals surface area contributed by atoms with Gasteiger partial charge in [-0.1, -0.05) is 30.7 Å². The summed E-state index contributed by atoms with van der Waals surface area (Å²) < 4.78 is 5.33. The number of halogens is 1. The Hall–Kier alpha value is -1.10. The predicted molar refractivity (Wildman–Crippen MR) is 79.5 cm³/mol. The van der Waals surface area contributed by atoms with E-state index in [1.54, 1.807) is 0 Å².